The number of rotatable bonds is 7. The second-order valence-electron chi connectivity index (χ2n) is 5.33. The van der Waals surface area contributed by atoms with E-state index in [1.165, 1.54) is 11.7 Å². The number of thioether (sulfide) groups is 1. The van der Waals surface area contributed by atoms with E-state index in [1.807, 2.05) is 0 Å². The number of ether oxygens (including phenoxy) is 1. The minimum absolute atomic E-state index is 0.0981. The summed E-state index contributed by atoms with van der Waals surface area (Å²) in [5.41, 5.74) is 2.01. The molecule has 26 heavy (non-hydrogen) atoms. The van der Waals surface area contributed by atoms with Gasteiger partial charge in [-0.2, -0.15) is 8.78 Å². The Hall–Kier alpha value is -2.68. The molecule has 0 saturated heterocycles. The van der Waals surface area contributed by atoms with E-state index in [2.05, 4.69) is 15.3 Å². The van der Waals surface area contributed by atoms with Crippen LogP contribution in [0.5, 0.6) is 5.88 Å². The number of hydrogen-bond donors (Lipinski definition) is 1. The SMILES string of the molecule is COc1ccc(CNC(=O)Cn2c(SC(F)F)nc3ccccc32)cn1. The van der Waals surface area contributed by atoms with Gasteiger partial charge in [0.15, 0.2) is 5.16 Å². The number of hydrogen-bond acceptors (Lipinski definition) is 5. The first kappa shape index (κ1) is 18.1. The molecule has 0 aliphatic carbocycles. The van der Waals surface area contributed by atoms with Crippen LogP contribution in [0.1, 0.15) is 5.56 Å². The molecule has 2 heterocycles. The quantitative estimate of drug-likeness (QED) is 0.640. The molecule has 0 aliphatic rings. The van der Waals surface area contributed by atoms with Crippen LogP contribution in [-0.4, -0.2) is 33.3 Å². The zero-order valence-corrected chi connectivity index (χ0v) is 14.7. The first-order chi connectivity index (χ1) is 12.6. The molecule has 0 spiro atoms. The number of imidazole rings is 1. The standard InChI is InChI=1S/C17H16F2N4O2S/c1-25-15-7-6-11(9-21-15)8-20-14(24)10-23-13-5-3-2-4-12(13)22-17(23)26-16(18)19/h2-7,9,16H,8,10H2,1H3,(H,20,24). The van der Waals surface area contributed by atoms with Crippen LogP contribution in [0.3, 0.4) is 0 Å². The summed E-state index contributed by atoms with van der Waals surface area (Å²) in [4.78, 5) is 20.5. The van der Waals surface area contributed by atoms with Gasteiger partial charge in [0.2, 0.25) is 11.8 Å². The average Bonchev–Trinajstić information content (AvgIpc) is 2.97. The summed E-state index contributed by atoms with van der Waals surface area (Å²) in [6.45, 7) is 0.179. The number of fused-ring (bicyclic) bond motifs is 1. The maximum Gasteiger partial charge on any atom is 0.291 e. The normalized spacial score (nSPS) is 11.1. The van der Waals surface area contributed by atoms with Gasteiger partial charge < -0.3 is 14.6 Å². The number of nitrogens with one attached hydrogen (secondary N) is 1. The molecule has 1 aromatic carbocycles. The molecule has 6 nitrogen and oxygen atoms in total. The van der Waals surface area contributed by atoms with Crippen LogP contribution in [0.25, 0.3) is 11.0 Å². The number of carbonyl (C=O) groups excluding carboxylic acids is 1. The van der Waals surface area contributed by atoms with Crippen LogP contribution in [0.2, 0.25) is 0 Å². The van der Waals surface area contributed by atoms with Gasteiger partial charge in [-0.3, -0.25) is 4.79 Å². The summed E-state index contributed by atoms with van der Waals surface area (Å²) in [7, 11) is 1.52. The number of nitrogens with zero attached hydrogens (tertiary/aromatic N) is 3. The van der Waals surface area contributed by atoms with Crippen LogP contribution in [0, 0.1) is 0 Å². The van der Waals surface area contributed by atoms with Gasteiger partial charge in [-0.05, 0) is 29.5 Å². The third kappa shape index (κ3) is 4.29. The van der Waals surface area contributed by atoms with Gasteiger partial charge in [0, 0.05) is 18.8 Å². The molecule has 2 aromatic heterocycles. The molecular weight excluding hydrogens is 362 g/mol. The Kier molecular flexibility index (Phi) is 5.67. The molecule has 3 aromatic rings. The van der Waals surface area contributed by atoms with Crippen molar-refractivity contribution in [2.45, 2.75) is 24.0 Å². The maximum absolute atomic E-state index is 12.8. The average molecular weight is 378 g/mol. The van der Waals surface area contributed by atoms with E-state index < -0.39 is 5.76 Å². The smallest absolute Gasteiger partial charge is 0.291 e. The highest BCUT2D eigenvalue weighted by atomic mass is 32.2. The second-order valence-corrected chi connectivity index (χ2v) is 6.29. The van der Waals surface area contributed by atoms with Crippen molar-refractivity contribution < 1.29 is 18.3 Å². The van der Waals surface area contributed by atoms with Gasteiger partial charge in [0.25, 0.3) is 5.76 Å². The van der Waals surface area contributed by atoms with Crippen LogP contribution < -0.4 is 10.1 Å². The minimum Gasteiger partial charge on any atom is -0.481 e. The lowest BCUT2D eigenvalue weighted by Crippen LogP contribution is -2.27. The Morgan fingerprint density at radius 2 is 2.12 bits per heavy atom. The number of amides is 1. The zero-order chi connectivity index (χ0) is 18.5. The Balaban J connectivity index is 1.71. The highest BCUT2D eigenvalue weighted by molar-refractivity contribution is 7.99. The molecule has 9 heteroatoms. The zero-order valence-electron chi connectivity index (χ0n) is 13.9. The fourth-order valence-corrected chi connectivity index (χ4v) is 3.01. The topological polar surface area (TPSA) is 69.0 Å². The van der Waals surface area contributed by atoms with Crippen molar-refractivity contribution in [3.63, 3.8) is 0 Å². The summed E-state index contributed by atoms with van der Waals surface area (Å²) >= 11 is 0.326. The molecule has 3 rings (SSSR count). The van der Waals surface area contributed by atoms with Crippen molar-refractivity contribution in [3.05, 3.63) is 48.2 Å². The first-order valence-corrected chi connectivity index (χ1v) is 8.60. The fourth-order valence-electron chi connectivity index (χ4n) is 2.41. The van der Waals surface area contributed by atoms with E-state index in [4.69, 9.17) is 4.74 Å². The number of benzene rings is 1. The van der Waals surface area contributed by atoms with Crippen molar-refractivity contribution in [2.24, 2.45) is 0 Å². The van der Waals surface area contributed by atoms with Crippen molar-refractivity contribution in [1.82, 2.24) is 19.9 Å². The van der Waals surface area contributed by atoms with Gasteiger partial charge in [-0.15, -0.1) is 0 Å². The summed E-state index contributed by atoms with van der Waals surface area (Å²) in [6.07, 6.45) is 1.60. The molecule has 1 amide bonds. The predicted molar refractivity (Wildman–Crippen MR) is 94.2 cm³/mol. The van der Waals surface area contributed by atoms with Crippen molar-refractivity contribution in [3.8, 4) is 5.88 Å². The van der Waals surface area contributed by atoms with E-state index in [0.29, 0.717) is 28.7 Å². The van der Waals surface area contributed by atoms with Gasteiger partial charge in [0.1, 0.15) is 6.54 Å². The molecule has 0 saturated carbocycles. The van der Waals surface area contributed by atoms with Gasteiger partial charge in [-0.25, -0.2) is 9.97 Å². The van der Waals surface area contributed by atoms with E-state index in [9.17, 15) is 13.6 Å². The first-order valence-electron chi connectivity index (χ1n) is 7.72. The molecule has 0 fully saturated rings. The molecule has 136 valence electrons. The Labute approximate surface area is 152 Å². The lowest BCUT2D eigenvalue weighted by molar-refractivity contribution is -0.121. The Bertz CT molecular complexity index is 899. The van der Waals surface area contributed by atoms with Gasteiger partial charge >= 0.3 is 0 Å². The fraction of sp³-hybridized carbons (Fsp3) is 0.235. The molecule has 0 radical (unpaired) electrons. The number of para-hydroxylation sites is 2. The Morgan fingerprint density at radius 3 is 2.81 bits per heavy atom. The minimum atomic E-state index is -2.61. The molecular formula is C17H16F2N4O2S. The van der Waals surface area contributed by atoms with Crippen molar-refractivity contribution >= 4 is 28.7 Å². The lowest BCUT2D eigenvalue weighted by atomic mass is 10.3. The number of pyridine rings is 1. The van der Waals surface area contributed by atoms with E-state index in [-0.39, 0.29) is 24.2 Å². The largest absolute Gasteiger partial charge is 0.481 e. The van der Waals surface area contributed by atoms with Crippen LogP contribution in [-0.2, 0) is 17.9 Å². The van der Waals surface area contributed by atoms with Crippen LogP contribution in [0.4, 0.5) is 8.78 Å². The number of alkyl halides is 2. The second kappa shape index (κ2) is 8.13. The van der Waals surface area contributed by atoms with Crippen LogP contribution in [0.15, 0.2) is 47.8 Å². The summed E-state index contributed by atoms with van der Waals surface area (Å²) in [5.74, 6) is -2.43. The van der Waals surface area contributed by atoms with Gasteiger partial charge in [-0.1, -0.05) is 18.2 Å². The number of carbonyl (C=O) groups is 1. The van der Waals surface area contributed by atoms with E-state index in [0.717, 1.165) is 5.56 Å². The van der Waals surface area contributed by atoms with Crippen molar-refractivity contribution in [2.75, 3.05) is 7.11 Å². The predicted octanol–water partition coefficient (Wildman–Crippen LogP) is 3.07. The number of halogens is 2. The highest BCUT2D eigenvalue weighted by Crippen LogP contribution is 2.28. The number of aromatic nitrogens is 3. The highest BCUT2D eigenvalue weighted by Gasteiger charge is 2.17. The third-order valence-electron chi connectivity index (χ3n) is 3.61. The number of methoxy groups -OCH3 is 1. The summed E-state index contributed by atoms with van der Waals surface area (Å²) in [6, 6.07) is 10.5. The van der Waals surface area contributed by atoms with E-state index in [1.54, 1.807) is 42.6 Å². The van der Waals surface area contributed by atoms with Crippen LogP contribution >= 0.6 is 11.8 Å². The molecule has 1 N–H and O–H groups in total. The molecule has 0 unspecified atom stereocenters. The summed E-state index contributed by atoms with van der Waals surface area (Å²) < 4.78 is 32.1. The monoisotopic (exact) mass is 378 g/mol. The van der Waals surface area contributed by atoms with Crippen molar-refractivity contribution in [1.29, 1.82) is 0 Å². The molecule has 0 aliphatic heterocycles. The van der Waals surface area contributed by atoms with E-state index >= 15 is 0 Å². The maximum atomic E-state index is 12.8. The summed E-state index contributed by atoms with van der Waals surface area (Å²) in [5, 5.41) is 2.87. The molecule has 0 bridgehead atoms. The third-order valence-corrected chi connectivity index (χ3v) is 4.31. The Morgan fingerprint density at radius 1 is 1.31 bits per heavy atom. The lowest BCUT2D eigenvalue weighted by Gasteiger charge is -2.10. The molecule has 0 atom stereocenters. The van der Waals surface area contributed by atoms with Gasteiger partial charge in [0.05, 0.1) is 18.1 Å².